The fraction of sp³-hybridized carbons (Fsp3) is 0. The predicted octanol–water partition coefficient (Wildman–Crippen LogP) is 0.773. The van der Waals surface area contributed by atoms with Crippen LogP contribution in [-0.4, -0.2) is 17.0 Å². The van der Waals surface area contributed by atoms with Crippen molar-refractivity contribution in [2.75, 3.05) is 0 Å². The van der Waals surface area contributed by atoms with E-state index in [4.69, 9.17) is 5.41 Å². The lowest BCUT2D eigenvalue weighted by Crippen LogP contribution is -1.85. The van der Waals surface area contributed by atoms with Gasteiger partial charge >= 0.3 is 0 Å². The Hall–Kier alpha value is -1.38. The Labute approximate surface area is 51.9 Å². The number of nitrogens with zero attached hydrogens (tertiary/aromatic N) is 1. The molecule has 1 aromatic rings. The second kappa shape index (κ2) is 1.31. The van der Waals surface area contributed by atoms with E-state index in [0.717, 1.165) is 11.1 Å². The first-order valence-corrected chi connectivity index (χ1v) is 2.68. The highest BCUT2D eigenvalue weighted by molar-refractivity contribution is 6.13. The van der Waals surface area contributed by atoms with Gasteiger partial charge < -0.3 is 4.98 Å². The molecule has 0 radical (unpaired) electrons. The molecule has 2 rings (SSSR count). The van der Waals surface area contributed by atoms with Crippen LogP contribution in [0.1, 0.15) is 11.1 Å². The molecular formula is C6H5N3. The molecule has 9 heavy (non-hydrogen) atoms. The number of aromatic nitrogens is 1. The third-order valence-corrected chi connectivity index (χ3v) is 1.37. The van der Waals surface area contributed by atoms with Crippen molar-refractivity contribution in [3.05, 3.63) is 23.5 Å². The number of aliphatic imine (C=N–C) groups is 1. The number of hydrogen-bond donors (Lipinski definition) is 2. The summed E-state index contributed by atoms with van der Waals surface area (Å²) in [5.41, 5.74) is 1.91. The highest BCUT2D eigenvalue weighted by Gasteiger charge is 2.10. The minimum Gasteiger partial charge on any atom is -0.366 e. The Morgan fingerprint density at radius 2 is 2.33 bits per heavy atom. The summed E-state index contributed by atoms with van der Waals surface area (Å²) < 4.78 is 0. The van der Waals surface area contributed by atoms with E-state index in [1.807, 2.05) is 6.20 Å². The van der Waals surface area contributed by atoms with E-state index >= 15 is 0 Å². The van der Waals surface area contributed by atoms with E-state index in [-0.39, 0.29) is 0 Å². The second-order valence-corrected chi connectivity index (χ2v) is 1.93. The van der Waals surface area contributed by atoms with Crippen molar-refractivity contribution in [3.8, 4) is 0 Å². The number of nitrogens with one attached hydrogen (secondary N) is 2. The standard InChI is InChI=1S/C6H5N3/c7-6-5-3-8-1-4(5)2-9-6/h1-3,7-8H. The van der Waals surface area contributed by atoms with E-state index in [1.54, 1.807) is 12.4 Å². The molecule has 0 fully saturated rings. The fourth-order valence-electron chi connectivity index (χ4n) is 0.891. The molecule has 0 aliphatic carbocycles. The molecule has 0 amide bonds. The first kappa shape index (κ1) is 4.49. The molecule has 3 nitrogen and oxygen atoms in total. The van der Waals surface area contributed by atoms with Gasteiger partial charge in [0, 0.05) is 29.7 Å². The fourth-order valence-corrected chi connectivity index (χ4v) is 0.891. The first-order valence-electron chi connectivity index (χ1n) is 2.68. The summed E-state index contributed by atoms with van der Waals surface area (Å²) in [5.74, 6) is 0.353. The minimum absolute atomic E-state index is 0.353. The lowest BCUT2D eigenvalue weighted by atomic mass is 10.2. The smallest absolute Gasteiger partial charge is 0.153 e. The molecule has 3 heteroatoms. The van der Waals surface area contributed by atoms with Crippen molar-refractivity contribution in [1.82, 2.24) is 4.98 Å². The molecule has 0 saturated heterocycles. The third-order valence-electron chi connectivity index (χ3n) is 1.37. The molecule has 0 spiro atoms. The van der Waals surface area contributed by atoms with Gasteiger partial charge in [-0.05, 0) is 0 Å². The van der Waals surface area contributed by atoms with Crippen LogP contribution in [0.15, 0.2) is 17.4 Å². The maximum Gasteiger partial charge on any atom is 0.153 e. The van der Waals surface area contributed by atoms with Crippen LogP contribution < -0.4 is 0 Å². The van der Waals surface area contributed by atoms with Gasteiger partial charge in [0.2, 0.25) is 0 Å². The molecule has 2 N–H and O–H groups in total. The summed E-state index contributed by atoms with van der Waals surface area (Å²) in [6, 6.07) is 0. The van der Waals surface area contributed by atoms with Crippen molar-refractivity contribution in [2.45, 2.75) is 0 Å². The van der Waals surface area contributed by atoms with Crippen LogP contribution in [0, 0.1) is 5.41 Å². The van der Waals surface area contributed by atoms with Crippen LogP contribution in [0.2, 0.25) is 0 Å². The number of aromatic amines is 1. The Morgan fingerprint density at radius 1 is 1.44 bits per heavy atom. The van der Waals surface area contributed by atoms with Gasteiger partial charge in [0.05, 0.1) is 0 Å². The van der Waals surface area contributed by atoms with Crippen LogP contribution in [0.4, 0.5) is 0 Å². The summed E-state index contributed by atoms with van der Waals surface area (Å²) in [7, 11) is 0. The van der Waals surface area contributed by atoms with Gasteiger partial charge in [0.15, 0.2) is 5.84 Å². The van der Waals surface area contributed by atoms with Crippen LogP contribution >= 0.6 is 0 Å². The minimum atomic E-state index is 0.353. The highest BCUT2D eigenvalue weighted by Crippen LogP contribution is 2.11. The highest BCUT2D eigenvalue weighted by atomic mass is 14.9. The van der Waals surface area contributed by atoms with Gasteiger partial charge in [-0.1, -0.05) is 0 Å². The van der Waals surface area contributed by atoms with Gasteiger partial charge in [-0.25, -0.2) is 4.99 Å². The first-order chi connectivity index (χ1) is 4.38. The van der Waals surface area contributed by atoms with Crippen LogP contribution in [0.25, 0.3) is 0 Å². The van der Waals surface area contributed by atoms with Crippen molar-refractivity contribution >= 4 is 12.1 Å². The second-order valence-electron chi connectivity index (χ2n) is 1.93. The lowest BCUT2D eigenvalue weighted by molar-refractivity contribution is 1.39. The maximum absolute atomic E-state index is 7.23. The lowest BCUT2D eigenvalue weighted by Gasteiger charge is -1.81. The van der Waals surface area contributed by atoms with Gasteiger partial charge in [-0.15, -0.1) is 0 Å². The molecule has 0 unspecified atom stereocenters. The largest absolute Gasteiger partial charge is 0.366 e. The van der Waals surface area contributed by atoms with Crippen LogP contribution in [0.5, 0.6) is 0 Å². The Morgan fingerprint density at radius 3 is 3.11 bits per heavy atom. The van der Waals surface area contributed by atoms with Crippen LogP contribution in [0.3, 0.4) is 0 Å². The maximum atomic E-state index is 7.23. The Bertz CT molecular complexity index is 282. The summed E-state index contributed by atoms with van der Waals surface area (Å²) in [6.07, 6.45) is 5.30. The molecule has 0 saturated carbocycles. The van der Waals surface area contributed by atoms with Crippen LogP contribution in [-0.2, 0) is 0 Å². The summed E-state index contributed by atoms with van der Waals surface area (Å²) in [6.45, 7) is 0. The van der Waals surface area contributed by atoms with E-state index in [2.05, 4.69) is 9.98 Å². The SMILES string of the molecule is N=C1N=Cc2c[nH]cc21. The molecule has 1 aromatic heterocycles. The Kier molecular flexibility index (Phi) is 0.656. The molecule has 2 heterocycles. The summed E-state index contributed by atoms with van der Waals surface area (Å²) in [5, 5.41) is 7.23. The number of fused-ring (bicyclic) bond motifs is 1. The predicted molar refractivity (Wildman–Crippen MR) is 35.2 cm³/mol. The number of rotatable bonds is 0. The third kappa shape index (κ3) is 0.455. The van der Waals surface area contributed by atoms with Gasteiger partial charge in [-0.2, -0.15) is 0 Å². The number of amidine groups is 1. The molecule has 0 atom stereocenters. The van der Waals surface area contributed by atoms with Gasteiger partial charge in [0.1, 0.15) is 0 Å². The summed E-state index contributed by atoms with van der Waals surface area (Å²) >= 11 is 0. The Balaban J connectivity index is 2.73. The average Bonchev–Trinajstić information content (AvgIpc) is 2.35. The molecule has 0 bridgehead atoms. The molecule has 1 aliphatic rings. The average molecular weight is 119 g/mol. The van der Waals surface area contributed by atoms with Crippen molar-refractivity contribution in [2.24, 2.45) is 4.99 Å². The van der Waals surface area contributed by atoms with Crippen molar-refractivity contribution in [1.29, 1.82) is 5.41 Å². The van der Waals surface area contributed by atoms with Crippen molar-refractivity contribution in [3.63, 3.8) is 0 Å². The quantitative estimate of drug-likeness (QED) is 0.507. The van der Waals surface area contributed by atoms with Gasteiger partial charge in [0.25, 0.3) is 0 Å². The van der Waals surface area contributed by atoms with E-state index in [1.165, 1.54) is 0 Å². The van der Waals surface area contributed by atoms with Crippen molar-refractivity contribution < 1.29 is 0 Å². The normalized spacial score (nSPS) is 14.4. The number of hydrogen-bond acceptors (Lipinski definition) is 1. The van der Waals surface area contributed by atoms with E-state index in [9.17, 15) is 0 Å². The zero-order valence-corrected chi connectivity index (χ0v) is 4.68. The zero-order chi connectivity index (χ0) is 6.27. The molecule has 44 valence electrons. The van der Waals surface area contributed by atoms with Gasteiger partial charge in [-0.3, -0.25) is 5.41 Å². The molecule has 1 aliphatic heterocycles. The molecule has 0 aromatic carbocycles. The zero-order valence-electron chi connectivity index (χ0n) is 4.68. The molecular weight excluding hydrogens is 114 g/mol. The monoisotopic (exact) mass is 119 g/mol. The van der Waals surface area contributed by atoms with E-state index in [0.29, 0.717) is 5.84 Å². The summed E-state index contributed by atoms with van der Waals surface area (Å²) in [4.78, 5) is 6.70. The topological polar surface area (TPSA) is 52.0 Å². The van der Waals surface area contributed by atoms with E-state index < -0.39 is 0 Å². The number of H-pyrrole nitrogens is 1.